The highest BCUT2D eigenvalue weighted by Gasteiger charge is 2.20. The third-order valence-corrected chi connectivity index (χ3v) is 5.49. The number of carboxylic acids is 1. The van der Waals surface area contributed by atoms with Crippen molar-refractivity contribution in [2.75, 3.05) is 44.2 Å². The summed E-state index contributed by atoms with van der Waals surface area (Å²) < 4.78 is 5.72. The second-order valence-corrected chi connectivity index (χ2v) is 7.24. The van der Waals surface area contributed by atoms with E-state index < -0.39 is 5.97 Å². The van der Waals surface area contributed by atoms with Gasteiger partial charge in [0.15, 0.2) is 0 Å². The maximum atomic E-state index is 11.0. The molecule has 0 unspecified atom stereocenters. The van der Waals surface area contributed by atoms with E-state index >= 15 is 0 Å². The van der Waals surface area contributed by atoms with Gasteiger partial charge in [-0.3, -0.25) is 4.90 Å². The Kier molecular flexibility index (Phi) is 5.17. The number of carboxylic acid groups (broad SMARTS) is 1. The lowest BCUT2D eigenvalue weighted by Crippen LogP contribution is -2.47. The quantitative estimate of drug-likeness (QED) is 0.700. The predicted octanol–water partition coefficient (Wildman–Crippen LogP) is 2.59. The number of benzene rings is 1. The van der Waals surface area contributed by atoms with Gasteiger partial charge in [-0.1, -0.05) is 6.07 Å². The van der Waals surface area contributed by atoms with Crippen molar-refractivity contribution in [2.24, 2.45) is 0 Å². The first-order valence-electron chi connectivity index (χ1n) is 8.82. The van der Waals surface area contributed by atoms with Crippen LogP contribution in [0.5, 0.6) is 5.75 Å². The third kappa shape index (κ3) is 4.01. The Morgan fingerprint density at radius 2 is 2.04 bits per heavy atom. The molecule has 1 N–H and O–H groups in total. The van der Waals surface area contributed by atoms with E-state index in [0.29, 0.717) is 12.4 Å². The number of fused-ring (bicyclic) bond motifs is 1. The summed E-state index contributed by atoms with van der Waals surface area (Å²) in [6.45, 7) is 5.05. The van der Waals surface area contributed by atoms with E-state index in [2.05, 4.69) is 31.2 Å². The van der Waals surface area contributed by atoms with Crippen LogP contribution in [-0.2, 0) is 0 Å². The van der Waals surface area contributed by atoms with Crippen LogP contribution in [0.4, 0.5) is 5.82 Å². The van der Waals surface area contributed by atoms with Gasteiger partial charge in [-0.15, -0.1) is 11.3 Å². The first kappa shape index (κ1) is 17.7. The van der Waals surface area contributed by atoms with Crippen LogP contribution in [0.1, 0.15) is 10.4 Å². The molecule has 1 saturated heterocycles. The molecule has 2 aromatic heterocycles. The molecule has 3 aromatic rings. The van der Waals surface area contributed by atoms with Crippen LogP contribution in [0.3, 0.4) is 0 Å². The zero-order chi connectivity index (χ0) is 18.6. The van der Waals surface area contributed by atoms with Crippen LogP contribution in [0.2, 0.25) is 0 Å². The van der Waals surface area contributed by atoms with Gasteiger partial charge in [0, 0.05) is 32.7 Å². The van der Waals surface area contributed by atoms with Crippen LogP contribution in [0.25, 0.3) is 10.2 Å². The molecule has 0 atom stereocenters. The second-order valence-electron chi connectivity index (χ2n) is 6.35. The highest BCUT2D eigenvalue weighted by molar-refractivity contribution is 7.16. The average Bonchev–Trinajstić information content (AvgIpc) is 3.18. The molecule has 0 saturated carbocycles. The van der Waals surface area contributed by atoms with Crippen LogP contribution in [0, 0.1) is 0 Å². The summed E-state index contributed by atoms with van der Waals surface area (Å²) >= 11 is 1.64. The van der Waals surface area contributed by atoms with Gasteiger partial charge < -0.3 is 14.7 Å². The van der Waals surface area contributed by atoms with Gasteiger partial charge in [-0.05, 0) is 29.6 Å². The zero-order valence-corrected chi connectivity index (χ0v) is 15.6. The molecule has 0 radical (unpaired) electrons. The Hall–Kier alpha value is -2.71. The molecule has 0 spiro atoms. The Morgan fingerprint density at radius 3 is 2.85 bits per heavy atom. The number of hydrogen-bond donors (Lipinski definition) is 1. The van der Waals surface area contributed by atoms with Crippen molar-refractivity contribution in [3.8, 4) is 5.75 Å². The van der Waals surface area contributed by atoms with Crippen molar-refractivity contribution in [1.29, 1.82) is 0 Å². The van der Waals surface area contributed by atoms with E-state index in [1.54, 1.807) is 41.9 Å². The predicted molar refractivity (Wildman–Crippen MR) is 105 cm³/mol. The van der Waals surface area contributed by atoms with Crippen molar-refractivity contribution in [3.05, 3.63) is 47.6 Å². The fraction of sp³-hybridized carbons (Fsp3) is 0.316. The first-order valence-corrected chi connectivity index (χ1v) is 9.70. The van der Waals surface area contributed by atoms with Gasteiger partial charge in [0.2, 0.25) is 0 Å². The lowest BCUT2D eigenvalue weighted by atomic mass is 10.2. The van der Waals surface area contributed by atoms with Crippen LogP contribution in [0.15, 0.2) is 42.0 Å². The average molecular weight is 384 g/mol. The minimum Gasteiger partial charge on any atom is -0.492 e. The fourth-order valence-corrected chi connectivity index (χ4v) is 3.95. The smallest absolute Gasteiger partial charge is 0.335 e. The fourth-order valence-electron chi connectivity index (χ4n) is 3.22. The maximum Gasteiger partial charge on any atom is 0.335 e. The summed E-state index contributed by atoms with van der Waals surface area (Å²) in [4.78, 5) is 25.5. The van der Waals surface area contributed by atoms with Gasteiger partial charge in [0.05, 0.1) is 10.9 Å². The van der Waals surface area contributed by atoms with E-state index in [-0.39, 0.29) is 5.56 Å². The van der Waals surface area contributed by atoms with Crippen molar-refractivity contribution < 1.29 is 14.6 Å². The first-order chi connectivity index (χ1) is 13.2. The Morgan fingerprint density at radius 1 is 1.19 bits per heavy atom. The van der Waals surface area contributed by atoms with E-state index in [0.717, 1.165) is 48.8 Å². The number of thiophene rings is 1. The number of anilines is 1. The molecule has 1 aliphatic rings. The number of rotatable bonds is 6. The Bertz CT molecular complexity index is 937. The molecular formula is C19H20N4O3S. The highest BCUT2D eigenvalue weighted by atomic mass is 32.1. The van der Waals surface area contributed by atoms with Crippen molar-refractivity contribution in [1.82, 2.24) is 14.9 Å². The van der Waals surface area contributed by atoms with Crippen molar-refractivity contribution in [2.45, 2.75) is 0 Å². The molecule has 0 aliphatic carbocycles. The maximum absolute atomic E-state index is 11.0. The number of aromatic carboxylic acids is 1. The number of aromatic nitrogens is 2. The highest BCUT2D eigenvalue weighted by Crippen LogP contribution is 2.27. The number of hydrogen-bond acceptors (Lipinski definition) is 7. The molecule has 27 heavy (non-hydrogen) atoms. The van der Waals surface area contributed by atoms with Crippen LogP contribution in [-0.4, -0.2) is 65.3 Å². The van der Waals surface area contributed by atoms with E-state index in [4.69, 9.17) is 9.84 Å². The minimum atomic E-state index is -0.943. The second kappa shape index (κ2) is 7.89. The normalized spacial score (nSPS) is 15.2. The minimum absolute atomic E-state index is 0.241. The lowest BCUT2D eigenvalue weighted by molar-refractivity contribution is 0.0696. The van der Waals surface area contributed by atoms with Crippen molar-refractivity contribution >= 4 is 33.3 Å². The molecule has 1 aromatic carbocycles. The molecule has 8 heteroatoms. The molecule has 140 valence electrons. The number of ether oxygens (including phenoxy) is 1. The molecule has 7 nitrogen and oxygen atoms in total. The van der Waals surface area contributed by atoms with Gasteiger partial charge >= 0.3 is 5.97 Å². The largest absolute Gasteiger partial charge is 0.492 e. The number of nitrogens with zero attached hydrogens (tertiary/aromatic N) is 4. The molecule has 3 heterocycles. The van der Waals surface area contributed by atoms with Crippen LogP contribution >= 0.6 is 11.3 Å². The Balaban J connectivity index is 1.28. The summed E-state index contributed by atoms with van der Waals surface area (Å²) in [5, 5.41) is 12.2. The van der Waals surface area contributed by atoms with E-state index in [1.807, 2.05) is 0 Å². The molecule has 0 bridgehead atoms. The Labute approximate surface area is 160 Å². The SMILES string of the molecule is O=C(O)c1cccc(OCCN2CCN(c3ncnc4sccc34)CC2)c1. The third-order valence-electron chi connectivity index (χ3n) is 4.67. The summed E-state index contributed by atoms with van der Waals surface area (Å²) in [7, 11) is 0. The van der Waals surface area contributed by atoms with Gasteiger partial charge in [-0.25, -0.2) is 14.8 Å². The summed E-state index contributed by atoms with van der Waals surface area (Å²) in [6, 6.07) is 8.68. The molecule has 1 fully saturated rings. The zero-order valence-electron chi connectivity index (χ0n) is 14.7. The number of carbonyl (C=O) groups is 1. The van der Waals surface area contributed by atoms with Crippen LogP contribution < -0.4 is 9.64 Å². The summed E-state index contributed by atoms with van der Waals surface area (Å²) in [5.41, 5.74) is 0.241. The van der Waals surface area contributed by atoms with E-state index in [1.165, 1.54) is 0 Å². The number of piperazine rings is 1. The topological polar surface area (TPSA) is 78.8 Å². The molecule has 0 amide bonds. The van der Waals surface area contributed by atoms with Gasteiger partial charge in [0.25, 0.3) is 0 Å². The molecule has 4 rings (SSSR count). The van der Waals surface area contributed by atoms with Gasteiger partial charge in [0.1, 0.15) is 29.3 Å². The van der Waals surface area contributed by atoms with E-state index in [9.17, 15) is 4.79 Å². The molecular weight excluding hydrogens is 364 g/mol. The van der Waals surface area contributed by atoms with Crippen molar-refractivity contribution in [3.63, 3.8) is 0 Å². The monoisotopic (exact) mass is 384 g/mol. The standard InChI is InChI=1S/C19H20N4O3S/c24-19(25)14-2-1-3-15(12-14)26-10-9-22-5-7-23(8-6-22)17-16-4-11-27-18(16)21-13-20-17/h1-4,11-13H,5-10H2,(H,24,25). The lowest BCUT2D eigenvalue weighted by Gasteiger charge is -2.35. The molecule has 1 aliphatic heterocycles. The summed E-state index contributed by atoms with van der Waals surface area (Å²) in [5.74, 6) is 0.665. The van der Waals surface area contributed by atoms with Gasteiger partial charge in [-0.2, -0.15) is 0 Å². The summed E-state index contributed by atoms with van der Waals surface area (Å²) in [6.07, 6.45) is 1.64.